The first kappa shape index (κ1) is 17.4. The molecule has 4 rings (SSSR count). The molecule has 1 unspecified atom stereocenters. The van der Waals surface area contributed by atoms with Gasteiger partial charge in [0.05, 0.1) is 6.54 Å². The Hall–Kier alpha value is -3.00. The van der Waals surface area contributed by atoms with Crippen LogP contribution in [-0.4, -0.2) is 49.0 Å². The van der Waals surface area contributed by atoms with Crippen molar-refractivity contribution < 1.29 is 14.4 Å². The third-order valence-corrected chi connectivity index (χ3v) is 4.82. The minimum absolute atomic E-state index is 0.108. The van der Waals surface area contributed by atoms with Gasteiger partial charge in [-0.3, -0.25) is 14.4 Å². The van der Waals surface area contributed by atoms with Gasteiger partial charge in [-0.25, -0.2) is 0 Å². The highest BCUT2D eigenvalue weighted by Crippen LogP contribution is 2.27. The summed E-state index contributed by atoms with van der Waals surface area (Å²) in [6.07, 6.45) is 3.71. The van der Waals surface area contributed by atoms with Gasteiger partial charge in [-0.05, 0) is 25.5 Å². The van der Waals surface area contributed by atoms with E-state index in [-0.39, 0.29) is 12.5 Å². The average Bonchev–Trinajstić information content (AvgIpc) is 3.32. The van der Waals surface area contributed by atoms with Crippen LogP contribution in [0.2, 0.25) is 0 Å². The number of carboxylic acids is 1. The molecule has 0 bridgehead atoms. The SMILES string of the molecule is O=C(O)Cn1nccc1C1CCCN(Cc2nc(-c3ccccc3)no2)C1. The summed E-state index contributed by atoms with van der Waals surface area (Å²) >= 11 is 0. The van der Waals surface area contributed by atoms with Crippen LogP contribution in [0.5, 0.6) is 0 Å². The number of rotatable bonds is 6. The summed E-state index contributed by atoms with van der Waals surface area (Å²) in [5.74, 6) is 0.552. The molecule has 140 valence electrons. The zero-order chi connectivity index (χ0) is 18.6. The number of benzene rings is 1. The lowest BCUT2D eigenvalue weighted by atomic mass is 9.94. The normalized spacial score (nSPS) is 17.9. The first-order valence-corrected chi connectivity index (χ1v) is 9.03. The van der Waals surface area contributed by atoms with Crippen LogP contribution in [0.15, 0.2) is 47.1 Å². The van der Waals surface area contributed by atoms with E-state index in [4.69, 9.17) is 9.63 Å². The quantitative estimate of drug-likeness (QED) is 0.714. The van der Waals surface area contributed by atoms with Crippen molar-refractivity contribution in [3.63, 3.8) is 0 Å². The highest BCUT2D eigenvalue weighted by atomic mass is 16.5. The fraction of sp³-hybridized carbons (Fsp3) is 0.368. The molecule has 2 aromatic heterocycles. The topological polar surface area (TPSA) is 97.3 Å². The number of hydrogen-bond donors (Lipinski definition) is 1. The molecule has 8 heteroatoms. The number of piperidine rings is 1. The summed E-state index contributed by atoms with van der Waals surface area (Å²) < 4.78 is 7.01. The van der Waals surface area contributed by atoms with Gasteiger partial charge in [0.25, 0.3) is 0 Å². The summed E-state index contributed by atoms with van der Waals surface area (Å²) in [5, 5.41) is 17.3. The summed E-state index contributed by atoms with van der Waals surface area (Å²) in [7, 11) is 0. The monoisotopic (exact) mass is 367 g/mol. The second kappa shape index (κ2) is 7.71. The molecule has 3 aromatic rings. The molecule has 0 spiro atoms. The van der Waals surface area contributed by atoms with Crippen molar-refractivity contribution in [1.29, 1.82) is 0 Å². The molecule has 0 aliphatic carbocycles. The molecule has 27 heavy (non-hydrogen) atoms. The smallest absolute Gasteiger partial charge is 0.325 e. The molecule has 1 fully saturated rings. The number of aliphatic carboxylic acids is 1. The van der Waals surface area contributed by atoms with Crippen molar-refractivity contribution >= 4 is 5.97 Å². The standard InChI is InChI=1S/C19H21N5O3/c25-18(26)13-24-16(8-9-20-24)15-7-4-10-23(11-15)12-17-21-19(22-27-17)14-5-2-1-3-6-14/h1-3,5-6,8-9,15H,4,7,10-13H2,(H,25,26). The van der Waals surface area contributed by atoms with Crippen LogP contribution >= 0.6 is 0 Å². The van der Waals surface area contributed by atoms with Gasteiger partial charge in [0.15, 0.2) is 0 Å². The van der Waals surface area contributed by atoms with Gasteiger partial charge in [0, 0.05) is 29.9 Å². The number of carbonyl (C=O) groups is 1. The molecule has 1 aliphatic heterocycles. The molecule has 0 amide bonds. The van der Waals surface area contributed by atoms with Gasteiger partial charge >= 0.3 is 5.97 Å². The number of carboxylic acid groups (broad SMARTS) is 1. The zero-order valence-corrected chi connectivity index (χ0v) is 14.9. The van der Waals surface area contributed by atoms with Crippen molar-refractivity contribution in [1.82, 2.24) is 24.8 Å². The van der Waals surface area contributed by atoms with Crippen LogP contribution in [0.25, 0.3) is 11.4 Å². The largest absolute Gasteiger partial charge is 0.480 e. The molecule has 0 radical (unpaired) electrons. The number of likely N-dealkylation sites (tertiary alicyclic amines) is 1. The van der Waals surface area contributed by atoms with Gasteiger partial charge in [-0.1, -0.05) is 35.5 Å². The van der Waals surface area contributed by atoms with Gasteiger partial charge in [0.1, 0.15) is 6.54 Å². The Labute approximate surface area is 156 Å². The Balaban J connectivity index is 1.43. The average molecular weight is 367 g/mol. The molecule has 1 aliphatic rings. The maximum absolute atomic E-state index is 11.0. The molecule has 1 saturated heterocycles. The van der Waals surface area contributed by atoms with Gasteiger partial charge in [0.2, 0.25) is 11.7 Å². The van der Waals surface area contributed by atoms with Crippen molar-refractivity contribution in [2.75, 3.05) is 13.1 Å². The number of aromatic nitrogens is 4. The highest BCUT2D eigenvalue weighted by Gasteiger charge is 2.25. The molecular weight excluding hydrogens is 346 g/mol. The Morgan fingerprint density at radius 3 is 2.93 bits per heavy atom. The van der Waals surface area contributed by atoms with Crippen LogP contribution in [0.1, 0.15) is 30.3 Å². The number of nitrogens with zero attached hydrogens (tertiary/aromatic N) is 5. The Morgan fingerprint density at radius 2 is 2.11 bits per heavy atom. The van der Waals surface area contributed by atoms with E-state index in [2.05, 4.69) is 20.1 Å². The molecular formula is C19H21N5O3. The zero-order valence-electron chi connectivity index (χ0n) is 14.9. The Bertz CT molecular complexity index is 905. The molecule has 1 N–H and O–H groups in total. The van der Waals surface area contributed by atoms with Crippen molar-refractivity contribution in [3.8, 4) is 11.4 Å². The first-order valence-electron chi connectivity index (χ1n) is 9.03. The van der Waals surface area contributed by atoms with E-state index in [9.17, 15) is 4.79 Å². The maximum atomic E-state index is 11.0. The van der Waals surface area contributed by atoms with Gasteiger partial charge < -0.3 is 9.63 Å². The number of hydrogen-bond acceptors (Lipinski definition) is 6. The van der Waals surface area contributed by atoms with E-state index >= 15 is 0 Å². The lowest BCUT2D eigenvalue weighted by Gasteiger charge is -2.31. The fourth-order valence-corrected chi connectivity index (χ4v) is 3.61. The fourth-order valence-electron chi connectivity index (χ4n) is 3.61. The van der Waals surface area contributed by atoms with E-state index in [0.29, 0.717) is 18.3 Å². The predicted molar refractivity (Wildman–Crippen MR) is 96.8 cm³/mol. The van der Waals surface area contributed by atoms with Crippen LogP contribution in [0.4, 0.5) is 0 Å². The summed E-state index contributed by atoms with van der Waals surface area (Å²) in [4.78, 5) is 17.8. The molecule has 8 nitrogen and oxygen atoms in total. The van der Waals surface area contributed by atoms with Crippen molar-refractivity contribution in [3.05, 3.63) is 54.2 Å². The first-order chi connectivity index (χ1) is 13.2. The van der Waals surface area contributed by atoms with Crippen LogP contribution in [0.3, 0.4) is 0 Å². The summed E-state index contributed by atoms with van der Waals surface area (Å²) in [5.41, 5.74) is 1.90. The molecule has 1 atom stereocenters. The lowest BCUT2D eigenvalue weighted by molar-refractivity contribution is -0.137. The van der Waals surface area contributed by atoms with E-state index < -0.39 is 5.97 Å². The van der Waals surface area contributed by atoms with Crippen molar-refractivity contribution in [2.45, 2.75) is 31.8 Å². The van der Waals surface area contributed by atoms with Crippen LogP contribution in [-0.2, 0) is 17.9 Å². The van der Waals surface area contributed by atoms with E-state index in [0.717, 1.165) is 37.2 Å². The highest BCUT2D eigenvalue weighted by molar-refractivity contribution is 5.66. The second-order valence-corrected chi connectivity index (χ2v) is 6.76. The van der Waals surface area contributed by atoms with Crippen molar-refractivity contribution in [2.24, 2.45) is 0 Å². The van der Waals surface area contributed by atoms with Crippen LogP contribution in [0, 0.1) is 0 Å². The van der Waals surface area contributed by atoms with Gasteiger partial charge in [-0.2, -0.15) is 10.1 Å². The minimum Gasteiger partial charge on any atom is -0.480 e. The molecule has 1 aromatic carbocycles. The second-order valence-electron chi connectivity index (χ2n) is 6.76. The third kappa shape index (κ3) is 4.06. The summed E-state index contributed by atoms with van der Waals surface area (Å²) in [6, 6.07) is 11.7. The van der Waals surface area contributed by atoms with Crippen LogP contribution < -0.4 is 0 Å². The third-order valence-electron chi connectivity index (χ3n) is 4.82. The predicted octanol–water partition coefficient (Wildman–Crippen LogP) is 2.40. The molecule has 0 saturated carbocycles. The Morgan fingerprint density at radius 1 is 1.26 bits per heavy atom. The maximum Gasteiger partial charge on any atom is 0.325 e. The van der Waals surface area contributed by atoms with E-state index in [1.165, 1.54) is 0 Å². The van der Waals surface area contributed by atoms with E-state index in [1.54, 1.807) is 10.9 Å². The minimum atomic E-state index is -0.882. The molecule has 3 heterocycles. The van der Waals surface area contributed by atoms with E-state index in [1.807, 2.05) is 36.4 Å². The lowest BCUT2D eigenvalue weighted by Crippen LogP contribution is -2.35. The summed E-state index contributed by atoms with van der Waals surface area (Å²) in [6.45, 7) is 2.24. The van der Waals surface area contributed by atoms with Gasteiger partial charge in [-0.15, -0.1) is 0 Å². The Kier molecular flexibility index (Phi) is 4.97.